The van der Waals surface area contributed by atoms with Crippen LogP contribution in [0, 0.1) is 0 Å². The highest BCUT2D eigenvalue weighted by Gasteiger charge is 2.51. The van der Waals surface area contributed by atoms with Crippen LogP contribution < -0.4 is 47.9 Å². The summed E-state index contributed by atoms with van der Waals surface area (Å²) < 4.78 is 50.8. The molecule has 0 amide bonds. The van der Waals surface area contributed by atoms with Crippen LogP contribution in [-0.2, 0) is 51.8 Å². The van der Waals surface area contributed by atoms with Crippen LogP contribution in [-0.4, -0.2) is 88.0 Å². The number of rotatable bonds is 14. The zero-order chi connectivity index (χ0) is 90.5. The minimum atomic E-state index is -0.850. The van der Waals surface area contributed by atoms with Gasteiger partial charge in [-0.2, -0.15) is 0 Å². The maximum Gasteiger partial charge on any atom is 0.178 e. The average molecular weight is 1740 g/mol. The van der Waals surface area contributed by atoms with E-state index < -0.39 is 16.8 Å². The summed E-state index contributed by atoms with van der Waals surface area (Å²) in [6.07, 6.45) is 20.6. The van der Waals surface area contributed by atoms with Gasteiger partial charge in [0, 0.05) is 130 Å². The van der Waals surface area contributed by atoms with Crippen molar-refractivity contribution < 1.29 is 43.0 Å². The first-order valence-electron chi connectivity index (χ1n) is 46.6. The van der Waals surface area contributed by atoms with Crippen LogP contribution in [0.25, 0.3) is 83.9 Å². The summed E-state index contributed by atoms with van der Waals surface area (Å²) in [7, 11) is 15.1. The number of benzene rings is 15. The lowest BCUT2D eigenvalue weighted by atomic mass is 9.54. The van der Waals surface area contributed by atoms with Crippen molar-refractivity contribution in [3.05, 3.63) is 386 Å². The maximum absolute atomic E-state index is 9.78. The number of methoxy groups -OCH3 is 4. The Hall–Kier alpha value is -13.8. The van der Waals surface area contributed by atoms with E-state index in [-0.39, 0.29) is 17.4 Å². The lowest BCUT2D eigenvalue weighted by Crippen LogP contribution is -2.44. The number of nitrogens with zero attached hydrogens (tertiary/aromatic N) is 3. The molecule has 2 fully saturated rings. The number of ether oxygens (including phenoxy) is 8. The summed E-state index contributed by atoms with van der Waals surface area (Å²) in [6.45, 7) is 12.9. The van der Waals surface area contributed by atoms with Gasteiger partial charge in [-0.3, -0.25) is 0 Å². The van der Waals surface area contributed by atoms with Gasteiger partial charge in [-0.25, -0.2) is 0 Å². The standard InChI is InChI=1S/C42H41NO3.C40H37NO2.C38H35NO4/c1-40(2)36-14-10-9-13-33(36)37-32-20-19-31(44-5)27-35(32)39-34(38(37)41(40,3)4)21-22-42(46-39,28-11-7-6-8-12-28)29-15-17-30(18-16-29)43-23-25-45-26-24-43;1-41(2)28-19-17-27(18-20-28)40(26-11-5-4-6-12-26)24-23-35-38-33-16-10-8-14-31(33)30-13-7-9-15-32(30)37(38)34-22-21-29(42-3)25-36(34)39(35)43-40;1-39(2)28-11-7-26(8-12-28)38(27-9-13-29(41-3)14-10-27)20-19-34-32-17-6-25-21-24(23-40)5-16-31(25)36(32)33-18-15-30(42-4)22-35(33)37(34)43-38/h6-22,27H,23-26H2,1-5H3;4-7,9,11-13,15,17-25,31,33H,8,10,14,16H2,1-3H3;5,7-16,18-22,40H,6,17,23H2,1-4H3. The van der Waals surface area contributed by atoms with E-state index in [0.29, 0.717) is 11.8 Å². The first-order chi connectivity index (χ1) is 64.3. The Morgan fingerprint density at radius 2 is 0.826 bits per heavy atom. The summed E-state index contributed by atoms with van der Waals surface area (Å²) in [5.74, 6) is 6.99. The molecule has 15 aromatic carbocycles. The van der Waals surface area contributed by atoms with Crippen LogP contribution in [0.4, 0.5) is 17.1 Å². The maximum atomic E-state index is 9.78. The molecule has 12 nitrogen and oxygen atoms in total. The van der Waals surface area contributed by atoms with E-state index in [4.69, 9.17) is 37.9 Å². The second kappa shape index (κ2) is 33.9. The molecule has 0 spiro atoms. The van der Waals surface area contributed by atoms with Crippen molar-refractivity contribution in [1.82, 2.24) is 0 Å². The smallest absolute Gasteiger partial charge is 0.178 e. The van der Waals surface area contributed by atoms with E-state index in [1.165, 1.54) is 120 Å². The molecular weight excluding hydrogens is 1630 g/mol. The van der Waals surface area contributed by atoms with Crippen molar-refractivity contribution in [2.45, 2.75) is 112 Å². The molecule has 5 atom stereocenters. The van der Waals surface area contributed by atoms with Gasteiger partial charge in [0.2, 0.25) is 0 Å². The average Bonchev–Trinajstić information content (AvgIpc) is 0.681. The number of aliphatic hydroxyl groups is 1. The van der Waals surface area contributed by atoms with Crippen molar-refractivity contribution in [1.29, 1.82) is 0 Å². The summed E-state index contributed by atoms with van der Waals surface area (Å²) in [4.78, 5) is 6.63. The number of hydrogen-bond donors (Lipinski definition) is 1. The minimum Gasteiger partial charge on any atom is -0.497 e. The zero-order valence-electron chi connectivity index (χ0n) is 77.5. The first-order valence-corrected chi connectivity index (χ1v) is 46.6. The summed E-state index contributed by atoms with van der Waals surface area (Å²) >= 11 is 0. The number of hydrogen-bond acceptors (Lipinski definition) is 12. The largest absolute Gasteiger partial charge is 0.497 e. The van der Waals surface area contributed by atoms with E-state index in [2.05, 4.69) is 348 Å². The molecule has 0 radical (unpaired) electrons. The molecule has 1 saturated heterocycles. The fourth-order valence-corrected chi connectivity index (χ4v) is 22.7. The normalized spacial score (nSPS) is 19.7. The molecule has 12 heteroatoms. The lowest BCUT2D eigenvalue weighted by molar-refractivity contribution is 0.122. The molecule has 4 aliphatic carbocycles. The highest BCUT2D eigenvalue weighted by molar-refractivity contribution is 6.10. The van der Waals surface area contributed by atoms with E-state index >= 15 is 0 Å². The van der Waals surface area contributed by atoms with Gasteiger partial charge in [0.15, 0.2) is 16.8 Å². The Balaban J connectivity index is 0.000000119. The molecule has 0 bridgehead atoms. The topological polar surface area (TPSA) is 104 Å². The Bertz CT molecular complexity index is 7070. The fraction of sp³-hybridized carbons (Fsp3) is 0.250. The zero-order valence-corrected chi connectivity index (χ0v) is 77.5. The van der Waals surface area contributed by atoms with Crippen LogP contribution in [0.1, 0.15) is 154 Å². The van der Waals surface area contributed by atoms with Crippen molar-refractivity contribution in [2.75, 3.05) is 97.6 Å². The molecule has 1 saturated carbocycles. The van der Waals surface area contributed by atoms with Gasteiger partial charge in [-0.05, 0) is 253 Å². The Morgan fingerprint density at radius 1 is 0.386 bits per heavy atom. The number of anilines is 3. The van der Waals surface area contributed by atoms with Gasteiger partial charge in [0.25, 0.3) is 0 Å². The molecule has 23 rings (SSSR count). The van der Waals surface area contributed by atoms with Gasteiger partial charge in [-0.15, -0.1) is 0 Å². The summed E-state index contributed by atoms with van der Waals surface area (Å²) in [5, 5.41) is 16.5. The van der Waals surface area contributed by atoms with E-state index in [9.17, 15) is 5.11 Å². The molecule has 132 heavy (non-hydrogen) atoms. The van der Waals surface area contributed by atoms with Crippen LogP contribution in [0.5, 0.6) is 40.2 Å². The highest BCUT2D eigenvalue weighted by Crippen LogP contribution is 2.64. The van der Waals surface area contributed by atoms with Crippen LogP contribution in [0.3, 0.4) is 0 Å². The molecule has 15 aromatic rings. The Kier molecular flexibility index (Phi) is 21.8. The van der Waals surface area contributed by atoms with Crippen molar-refractivity contribution in [3.63, 3.8) is 0 Å². The van der Waals surface area contributed by atoms with Crippen LogP contribution in [0.2, 0.25) is 0 Å². The molecule has 662 valence electrons. The highest BCUT2D eigenvalue weighted by atomic mass is 16.5. The quantitative estimate of drug-likeness (QED) is 0.112. The number of morpholine rings is 1. The number of aryl methyl sites for hydroxylation is 1. The van der Waals surface area contributed by atoms with Gasteiger partial charge < -0.3 is 57.7 Å². The predicted molar refractivity (Wildman–Crippen MR) is 539 cm³/mol. The predicted octanol–water partition coefficient (Wildman–Crippen LogP) is 26.5. The molecule has 0 aromatic heterocycles. The molecule has 4 heterocycles. The third-order valence-corrected chi connectivity index (χ3v) is 30.2. The SMILES string of the molecule is COc1ccc(C2(c3ccc(N(C)C)cc3)C=Cc3c4c(c5ccc(OC)cc5c3O2)-c2ccc(CO)cc2CC4)cc1.COc1ccc2c3c(c4c(c2c1)OC(c1ccccc1)(c1ccc(N(C)C)cc1)C=C4)C1CCCCC1c1ccccc1-3.COc1ccc2c3c(c4c(c2c1)OC(c1ccccc1)(c1ccc(N2CCOCC2)cc1)C=C4)C(C)(C)C(C)(C)c1ccccc1-3. The third-order valence-electron chi connectivity index (χ3n) is 30.2. The van der Waals surface area contributed by atoms with E-state index in [1.807, 2.05) is 38.4 Å². The van der Waals surface area contributed by atoms with E-state index in [0.717, 1.165) is 157 Å². The number of fused-ring (bicyclic) bond motifs is 27. The second-order valence-corrected chi connectivity index (χ2v) is 37.9. The molecule has 5 unspecified atom stereocenters. The van der Waals surface area contributed by atoms with Crippen LogP contribution >= 0.6 is 0 Å². The van der Waals surface area contributed by atoms with Gasteiger partial charge in [0.1, 0.15) is 40.2 Å². The fourth-order valence-electron chi connectivity index (χ4n) is 22.7. The molecule has 1 N–H and O–H groups in total. The summed E-state index contributed by atoms with van der Waals surface area (Å²) in [6, 6.07) is 99.4. The molecule has 4 aliphatic heterocycles. The third kappa shape index (κ3) is 14.0. The van der Waals surface area contributed by atoms with Gasteiger partial charge in [0.05, 0.1) is 48.3 Å². The monoisotopic (exact) mass is 1740 g/mol. The Labute approximate surface area is 775 Å². The lowest BCUT2D eigenvalue weighted by Gasteiger charge is -2.50. The van der Waals surface area contributed by atoms with E-state index in [1.54, 1.807) is 28.4 Å². The second-order valence-electron chi connectivity index (χ2n) is 37.9. The van der Waals surface area contributed by atoms with Gasteiger partial charge >= 0.3 is 0 Å². The van der Waals surface area contributed by atoms with Crippen molar-refractivity contribution in [2.24, 2.45) is 0 Å². The molecule has 8 aliphatic rings. The minimum absolute atomic E-state index is 0.0435. The summed E-state index contributed by atoms with van der Waals surface area (Å²) in [5.41, 5.74) is 27.8. The van der Waals surface area contributed by atoms with Crippen LogP contribution in [0.15, 0.2) is 297 Å². The van der Waals surface area contributed by atoms with Gasteiger partial charge in [-0.1, -0.05) is 235 Å². The number of aliphatic hydroxyl groups excluding tert-OH is 1. The molecular formula is C120H113N3O9. The van der Waals surface area contributed by atoms with Crippen molar-refractivity contribution >= 4 is 67.6 Å². The van der Waals surface area contributed by atoms with Crippen molar-refractivity contribution in [3.8, 4) is 73.6 Å². The Morgan fingerprint density at radius 3 is 1.36 bits per heavy atom. The first kappa shape index (κ1) is 85.0.